The Kier molecular flexibility index (Phi) is 6.20. The average molecular weight is 530 g/mol. The number of hydrogen-bond acceptors (Lipinski definition) is 6. The summed E-state index contributed by atoms with van der Waals surface area (Å²) in [6.07, 6.45) is 3.22. The maximum atomic E-state index is 13.4. The normalized spacial score (nSPS) is 11.4. The topological polar surface area (TPSA) is 78.9 Å². The molecule has 8 heteroatoms. The standard InChI is InChI=1S/C27H20BrN3O4/c1-3-12-34-24-15-20(28)18(14-23(24)33-2)16-29-31-26(25-13-17-8-4-7-11-22(17)35-25)30-21-10-6-5-9-19(21)27(31)32/h3-11,13-16H,1,12H2,2H3. The van der Waals surface area contributed by atoms with Gasteiger partial charge in [-0.25, -0.2) is 4.98 Å². The van der Waals surface area contributed by atoms with Gasteiger partial charge in [-0.2, -0.15) is 9.78 Å². The van der Waals surface area contributed by atoms with Crippen LogP contribution in [0.25, 0.3) is 33.5 Å². The third-order valence-electron chi connectivity index (χ3n) is 5.35. The molecule has 174 valence electrons. The second kappa shape index (κ2) is 9.60. The van der Waals surface area contributed by atoms with Crippen molar-refractivity contribution in [3.8, 4) is 23.1 Å². The Balaban J connectivity index is 1.66. The molecule has 0 saturated carbocycles. The Bertz CT molecular complexity index is 1620. The van der Waals surface area contributed by atoms with Gasteiger partial charge >= 0.3 is 0 Å². The van der Waals surface area contributed by atoms with E-state index in [-0.39, 0.29) is 5.56 Å². The molecule has 0 aliphatic rings. The number of hydrogen-bond donors (Lipinski definition) is 0. The van der Waals surface area contributed by atoms with Crippen LogP contribution in [0.3, 0.4) is 0 Å². The molecule has 0 saturated heterocycles. The van der Waals surface area contributed by atoms with Crippen molar-refractivity contribution in [2.45, 2.75) is 0 Å². The van der Waals surface area contributed by atoms with Crippen LogP contribution in [0.5, 0.6) is 11.5 Å². The molecular weight excluding hydrogens is 510 g/mol. The summed E-state index contributed by atoms with van der Waals surface area (Å²) in [6.45, 7) is 4.01. The van der Waals surface area contributed by atoms with E-state index >= 15 is 0 Å². The Morgan fingerprint density at radius 3 is 2.71 bits per heavy atom. The molecule has 0 radical (unpaired) electrons. The molecule has 0 spiro atoms. The lowest BCUT2D eigenvalue weighted by atomic mass is 10.2. The lowest BCUT2D eigenvalue weighted by Crippen LogP contribution is -2.20. The molecule has 0 bridgehead atoms. The zero-order valence-electron chi connectivity index (χ0n) is 18.8. The van der Waals surface area contributed by atoms with E-state index in [9.17, 15) is 4.79 Å². The van der Waals surface area contributed by atoms with Crippen LogP contribution in [0, 0.1) is 0 Å². The number of para-hydroxylation sites is 2. The number of benzene rings is 3. The van der Waals surface area contributed by atoms with Crippen LogP contribution >= 0.6 is 15.9 Å². The number of methoxy groups -OCH3 is 1. The maximum absolute atomic E-state index is 13.4. The minimum Gasteiger partial charge on any atom is -0.493 e. The third kappa shape index (κ3) is 4.36. The molecule has 0 aliphatic heterocycles. The second-order valence-electron chi connectivity index (χ2n) is 7.59. The molecule has 2 heterocycles. The highest BCUT2D eigenvalue weighted by atomic mass is 79.9. The summed E-state index contributed by atoms with van der Waals surface area (Å²) in [5.41, 5.74) is 1.63. The molecule has 0 fully saturated rings. The Hall–Kier alpha value is -4.17. The lowest BCUT2D eigenvalue weighted by molar-refractivity contribution is 0.326. The number of aromatic nitrogens is 2. The number of fused-ring (bicyclic) bond motifs is 2. The minimum absolute atomic E-state index is 0.301. The summed E-state index contributed by atoms with van der Waals surface area (Å²) in [5.74, 6) is 1.83. The van der Waals surface area contributed by atoms with E-state index in [0.29, 0.717) is 56.2 Å². The highest BCUT2D eigenvalue weighted by molar-refractivity contribution is 9.10. The fourth-order valence-corrected chi connectivity index (χ4v) is 4.10. The smallest absolute Gasteiger partial charge is 0.282 e. The molecule has 0 atom stereocenters. The van der Waals surface area contributed by atoms with Crippen LogP contribution in [0.15, 0.2) is 98.2 Å². The first-order valence-electron chi connectivity index (χ1n) is 10.8. The summed E-state index contributed by atoms with van der Waals surface area (Å²) >= 11 is 3.55. The Morgan fingerprint density at radius 1 is 1.11 bits per heavy atom. The summed E-state index contributed by atoms with van der Waals surface area (Å²) < 4.78 is 19.1. The predicted molar refractivity (Wildman–Crippen MR) is 141 cm³/mol. The van der Waals surface area contributed by atoms with Gasteiger partial charge in [0.15, 0.2) is 17.3 Å². The molecular formula is C27H20BrN3O4. The van der Waals surface area contributed by atoms with Gasteiger partial charge in [-0.05, 0) is 52.3 Å². The van der Waals surface area contributed by atoms with Gasteiger partial charge in [0, 0.05) is 15.4 Å². The molecule has 0 aliphatic carbocycles. The Labute approximate surface area is 209 Å². The Morgan fingerprint density at radius 2 is 1.91 bits per heavy atom. The van der Waals surface area contributed by atoms with Crippen molar-refractivity contribution >= 4 is 44.0 Å². The molecule has 0 N–H and O–H groups in total. The SMILES string of the molecule is C=CCOc1cc(Br)c(C=Nn2c(-c3cc4ccccc4o3)nc3ccccc3c2=O)cc1OC. The molecule has 0 unspecified atom stereocenters. The molecule has 7 nitrogen and oxygen atoms in total. The quantitative estimate of drug-likeness (QED) is 0.190. The van der Waals surface area contributed by atoms with E-state index in [0.717, 1.165) is 5.39 Å². The second-order valence-corrected chi connectivity index (χ2v) is 8.44. The first kappa shape index (κ1) is 22.6. The van der Waals surface area contributed by atoms with Gasteiger partial charge in [0.25, 0.3) is 5.56 Å². The summed E-state index contributed by atoms with van der Waals surface area (Å²) in [7, 11) is 1.56. The van der Waals surface area contributed by atoms with Gasteiger partial charge in [0.2, 0.25) is 5.82 Å². The fraction of sp³-hybridized carbons (Fsp3) is 0.0741. The monoisotopic (exact) mass is 529 g/mol. The number of rotatable bonds is 7. The van der Waals surface area contributed by atoms with E-state index < -0.39 is 0 Å². The van der Waals surface area contributed by atoms with Crippen LogP contribution in [0.2, 0.25) is 0 Å². The molecule has 2 aromatic heterocycles. The molecule has 3 aromatic carbocycles. The molecule has 0 amide bonds. The number of ether oxygens (including phenoxy) is 2. The van der Waals surface area contributed by atoms with Crippen molar-refractivity contribution in [1.82, 2.24) is 9.66 Å². The van der Waals surface area contributed by atoms with Gasteiger partial charge in [0.05, 0.1) is 24.2 Å². The van der Waals surface area contributed by atoms with Gasteiger partial charge in [0.1, 0.15) is 12.2 Å². The van der Waals surface area contributed by atoms with Gasteiger partial charge in [-0.3, -0.25) is 4.79 Å². The van der Waals surface area contributed by atoms with E-state index in [4.69, 9.17) is 18.9 Å². The summed E-state index contributed by atoms with van der Waals surface area (Å²) in [6, 6.07) is 20.2. The van der Waals surface area contributed by atoms with Crippen molar-refractivity contribution in [1.29, 1.82) is 0 Å². The molecule has 5 rings (SSSR count). The van der Waals surface area contributed by atoms with Crippen LogP contribution in [0.1, 0.15) is 5.56 Å². The largest absolute Gasteiger partial charge is 0.493 e. The fourth-order valence-electron chi connectivity index (χ4n) is 3.67. The van der Waals surface area contributed by atoms with E-state index in [2.05, 4.69) is 27.6 Å². The zero-order chi connectivity index (χ0) is 24.4. The van der Waals surface area contributed by atoms with Crippen molar-refractivity contribution in [3.05, 3.63) is 99.8 Å². The third-order valence-corrected chi connectivity index (χ3v) is 6.04. The van der Waals surface area contributed by atoms with Gasteiger partial charge < -0.3 is 13.9 Å². The number of halogens is 1. The highest BCUT2D eigenvalue weighted by Gasteiger charge is 2.17. The van der Waals surface area contributed by atoms with Crippen molar-refractivity contribution < 1.29 is 13.9 Å². The van der Waals surface area contributed by atoms with Gasteiger partial charge in [-0.1, -0.05) is 43.0 Å². The van der Waals surface area contributed by atoms with Crippen molar-refractivity contribution in [2.24, 2.45) is 5.10 Å². The van der Waals surface area contributed by atoms with E-state index in [1.165, 1.54) is 4.68 Å². The van der Waals surface area contributed by atoms with Crippen LogP contribution in [0.4, 0.5) is 0 Å². The summed E-state index contributed by atoms with van der Waals surface area (Å²) in [5, 5.41) is 5.87. The highest BCUT2D eigenvalue weighted by Crippen LogP contribution is 2.33. The average Bonchev–Trinajstić information content (AvgIpc) is 3.32. The van der Waals surface area contributed by atoms with E-state index in [1.807, 2.05) is 36.4 Å². The van der Waals surface area contributed by atoms with Crippen LogP contribution in [-0.4, -0.2) is 29.6 Å². The lowest BCUT2D eigenvalue weighted by Gasteiger charge is -2.11. The van der Waals surface area contributed by atoms with Gasteiger partial charge in [-0.15, -0.1) is 0 Å². The predicted octanol–water partition coefficient (Wildman–Crippen LogP) is 6.03. The van der Waals surface area contributed by atoms with Crippen LogP contribution < -0.4 is 15.0 Å². The first-order valence-corrected chi connectivity index (χ1v) is 11.5. The van der Waals surface area contributed by atoms with Crippen LogP contribution in [-0.2, 0) is 0 Å². The van der Waals surface area contributed by atoms with Crippen molar-refractivity contribution in [2.75, 3.05) is 13.7 Å². The van der Waals surface area contributed by atoms with Crippen molar-refractivity contribution in [3.63, 3.8) is 0 Å². The summed E-state index contributed by atoms with van der Waals surface area (Å²) in [4.78, 5) is 18.1. The maximum Gasteiger partial charge on any atom is 0.282 e. The number of furan rings is 1. The number of nitrogens with zero attached hydrogens (tertiary/aromatic N) is 3. The first-order chi connectivity index (χ1) is 17.1. The molecule has 35 heavy (non-hydrogen) atoms. The zero-order valence-corrected chi connectivity index (χ0v) is 20.4. The van der Waals surface area contributed by atoms with E-state index in [1.54, 1.807) is 49.7 Å². The molecule has 5 aromatic rings. The minimum atomic E-state index is -0.309.